The summed E-state index contributed by atoms with van der Waals surface area (Å²) >= 11 is 4.27. The highest BCUT2D eigenvalue weighted by Crippen LogP contribution is 2.38. The Labute approximate surface area is 233 Å². The Hall–Kier alpha value is -3.31. The van der Waals surface area contributed by atoms with Crippen LogP contribution in [0.3, 0.4) is 0 Å². The van der Waals surface area contributed by atoms with E-state index in [0.29, 0.717) is 46.9 Å². The van der Waals surface area contributed by atoms with Crippen LogP contribution in [-0.2, 0) is 14.4 Å². The van der Waals surface area contributed by atoms with Gasteiger partial charge in [0.15, 0.2) is 18.1 Å². The summed E-state index contributed by atoms with van der Waals surface area (Å²) in [6.07, 6.45) is 3.44. The van der Waals surface area contributed by atoms with Gasteiger partial charge in [-0.25, -0.2) is 0 Å². The van der Waals surface area contributed by atoms with Gasteiger partial charge in [0.25, 0.3) is 17.1 Å². The Morgan fingerprint density at radius 1 is 1.08 bits per heavy atom. The number of carbonyl (C=O) groups is 4. The monoisotopic (exact) mass is 601 g/mol. The number of aryl methyl sites for hydroxylation is 1. The fraction of sp³-hybridized carbons (Fsp3) is 0.333. The first-order chi connectivity index (χ1) is 18.2. The van der Waals surface area contributed by atoms with E-state index in [1.807, 2.05) is 38.1 Å². The van der Waals surface area contributed by atoms with Gasteiger partial charge in [-0.2, -0.15) is 0 Å². The number of imide groups is 1. The number of thioether (sulfide) groups is 1. The van der Waals surface area contributed by atoms with E-state index in [2.05, 4.69) is 21.2 Å². The summed E-state index contributed by atoms with van der Waals surface area (Å²) in [7, 11) is 0. The molecule has 4 rings (SSSR count). The summed E-state index contributed by atoms with van der Waals surface area (Å²) < 4.78 is 12.0. The van der Waals surface area contributed by atoms with Crippen LogP contribution in [0.5, 0.6) is 11.5 Å². The van der Waals surface area contributed by atoms with Crippen LogP contribution < -0.4 is 14.8 Å². The lowest BCUT2D eigenvalue weighted by molar-refractivity contribution is -0.135. The third-order valence-electron chi connectivity index (χ3n) is 5.97. The van der Waals surface area contributed by atoms with E-state index in [-0.39, 0.29) is 29.9 Å². The van der Waals surface area contributed by atoms with E-state index in [4.69, 9.17) is 9.47 Å². The second kappa shape index (κ2) is 12.5. The largest absolute Gasteiger partial charge is 0.490 e. The van der Waals surface area contributed by atoms with Crippen molar-refractivity contribution < 1.29 is 28.7 Å². The summed E-state index contributed by atoms with van der Waals surface area (Å²) in [6.45, 7) is 4.95. The van der Waals surface area contributed by atoms with Crippen molar-refractivity contribution in [2.75, 3.05) is 38.2 Å². The highest BCUT2D eigenvalue weighted by atomic mass is 79.9. The Morgan fingerprint density at radius 3 is 2.45 bits per heavy atom. The van der Waals surface area contributed by atoms with Crippen LogP contribution in [0.4, 0.5) is 10.5 Å². The molecule has 2 aliphatic rings. The predicted molar refractivity (Wildman–Crippen MR) is 149 cm³/mol. The van der Waals surface area contributed by atoms with Gasteiger partial charge >= 0.3 is 0 Å². The fourth-order valence-electron chi connectivity index (χ4n) is 4.00. The van der Waals surface area contributed by atoms with Crippen molar-refractivity contribution in [3.63, 3.8) is 0 Å². The summed E-state index contributed by atoms with van der Waals surface area (Å²) in [5.41, 5.74) is 2.34. The number of halogens is 1. The lowest BCUT2D eigenvalue weighted by Crippen LogP contribution is -2.40. The molecule has 0 saturated carbocycles. The molecule has 4 amide bonds. The van der Waals surface area contributed by atoms with Crippen molar-refractivity contribution >= 4 is 62.4 Å². The zero-order valence-corrected chi connectivity index (χ0v) is 23.5. The molecule has 2 aromatic carbocycles. The van der Waals surface area contributed by atoms with Crippen LogP contribution in [0.1, 0.15) is 30.9 Å². The van der Waals surface area contributed by atoms with Crippen LogP contribution in [-0.4, -0.2) is 65.6 Å². The van der Waals surface area contributed by atoms with Gasteiger partial charge in [0.05, 0.1) is 11.5 Å². The number of ether oxygens (including phenoxy) is 2. The molecule has 0 bridgehead atoms. The smallest absolute Gasteiger partial charge is 0.294 e. The molecule has 0 unspecified atom stereocenters. The maximum atomic E-state index is 12.9. The molecular weight excluding hydrogens is 574 g/mol. The van der Waals surface area contributed by atoms with E-state index in [9.17, 15) is 19.2 Å². The van der Waals surface area contributed by atoms with Crippen LogP contribution in [0, 0.1) is 6.92 Å². The summed E-state index contributed by atoms with van der Waals surface area (Å²) in [5.74, 6) is -0.328. The fourth-order valence-corrected chi connectivity index (χ4v) is 5.27. The third-order valence-corrected chi connectivity index (χ3v) is 7.56. The summed E-state index contributed by atoms with van der Waals surface area (Å²) in [4.78, 5) is 53.2. The van der Waals surface area contributed by atoms with Crippen LogP contribution >= 0.6 is 27.7 Å². The zero-order chi connectivity index (χ0) is 27.2. The minimum atomic E-state index is -0.509. The molecule has 2 saturated heterocycles. The van der Waals surface area contributed by atoms with Gasteiger partial charge in [0.2, 0.25) is 5.91 Å². The molecule has 2 fully saturated rings. The van der Waals surface area contributed by atoms with Gasteiger partial charge in [0.1, 0.15) is 6.54 Å². The Bertz CT molecular complexity index is 1270. The number of hydrogen-bond donors (Lipinski definition) is 1. The number of nitrogens with one attached hydrogen (secondary N) is 1. The normalized spacial score (nSPS) is 16.3. The van der Waals surface area contributed by atoms with E-state index in [0.717, 1.165) is 35.1 Å². The number of amides is 4. The average molecular weight is 603 g/mol. The summed E-state index contributed by atoms with van der Waals surface area (Å²) in [6, 6.07) is 10.8. The van der Waals surface area contributed by atoms with Crippen molar-refractivity contribution in [1.29, 1.82) is 0 Å². The van der Waals surface area contributed by atoms with Crippen molar-refractivity contribution in [1.82, 2.24) is 9.80 Å². The van der Waals surface area contributed by atoms with Crippen LogP contribution in [0.25, 0.3) is 6.08 Å². The first-order valence-electron chi connectivity index (χ1n) is 12.2. The Balaban J connectivity index is 1.45. The second-order valence-electron chi connectivity index (χ2n) is 8.81. The number of anilines is 1. The molecule has 2 aliphatic heterocycles. The van der Waals surface area contributed by atoms with Crippen molar-refractivity contribution in [2.45, 2.75) is 26.7 Å². The summed E-state index contributed by atoms with van der Waals surface area (Å²) in [5, 5.41) is 2.30. The predicted octanol–water partition coefficient (Wildman–Crippen LogP) is 4.83. The Morgan fingerprint density at radius 2 is 1.76 bits per heavy atom. The third kappa shape index (κ3) is 6.76. The van der Waals surface area contributed by atoms with Crippen LogP contribution in [0.2, 0.25) is 0 Å². The van der Waals surface area contributed by atoms with Gasteiger partial charge in [-0.1, -0.05) is 33.6 Å². The van der Waals surface area contributed by atoms with Gasteiger partial charge in [0, 0.05) is 23.2 Å². The molecule has 0 atom stereocenters. The molecule has 0 radical (unpaired) electrons. The molecule has 2 aromatic rings. The topological polar surface area (TPSA) is 105 Å². The lowest BCUT2D eigenvalue weighted by atomic mass is 10.1. The molecule has 200 valence electrons. The quantitative estimate of drug-likeness (QED) is 0.410. The molecule has 0 aliphatic carbocycles. The number of rotatable bonds is 9. The molecule has 2 heterocycles. The lowest BCUT2D eigenvalue weighted by Gasteiger charge is -2.18. The van der Waals surface area contributed by atoms with Crippen molar-refractivity contribution in [2.24, 2.45) is 0 Å². The van der Waals surface area contributed by atoms with Crippen molar-refractivity contribution in [3.8, 4) is 11.5 Å². The van der Waals surface area contributed by atoms with Crippen molar-refractivity contribution in [3.05, 3.63) is 56.9 Å². The molecule has 11 heteroatoms. The highest BCUT2D eigenvalue weighted by molar-refractivity contribution is 9.10. The molecule has 9 nitrogen and oxygen atoms in total. The number of hydrogen-bond acceptors (Lipinski definition) is 7. The molecule has 1 N–H and O–H groups in total. The molecule has 0 spiro atoms. The average Bonchev–Trinajstić information content (AvgIpc) is 3.51. The van der Waals surface area contributed by atoms with E-state index in [1.165, 1.54) is 0 Å². The number of benzene rings is 2. The van der Waals surface area contributed by atoms with Gasteiger partial charge < -0.3 is 19.7 Å². The Kier molecular flexibility index (Phi) is 9.11. The molecule has 0 aromatic heterocycles. The number of likely N-dealkylation sites (tertiary alicyclic amines) is 1. The standard InChI is InChI=1S/C27H28BrN3O6S/c1-3-36-21-12-18(13-23-26(34)31(27(35)38-23)15-25(33)30-10-4-5-11-30)20(28)14-22(21)37-16-24(32)29-19-8-6-17(2)7-9-19/h6-9,12-14H,3-5,10-11,15-16H2,1-2H3,(H,29,32)/b23-13+. The van der Waals surface area contributed by atoms with Gasteiger partial charge in [-0.15, -0.1) is 0 Å². The maximum absolute atomic E-state index is 12.9. The first-order valence-corrected chi connectivity index (χ1v) is 13.8. The highest BCUT2D eigenvalue weighted by Gasteiger charge is 2.37. The number of carbonyl (C=O) groups excluding carboxylic acids is 4. The van der Waals surface area contributed by atoms with E-state index < -0.39 is 11.1 Å². The SMILES string of the molecule is CCOc1cc(/C=C2/SC(=O)N(CC(=O)N3CCCC3)C2=O)c(Br)cc1OCC(=O)Nc1ccc(C)cc1. The number of nitrogens with zero attached hydrogens (tertiary/aromatic N) is 2. The zero-order valence-electron chi connectivity index (χ0n) is 21.1. The molecule has 38 heavy (non-hydrogen) atoms. The second-order valence-corrected chi connectivity index (χ2v) is 10.7. The van der Waals surface area contributed by atoms with E-state index >= 15 is 0 Å². The minimum Gasteiger partial charge on any atom is -0.490 e. The minimum absolute atomic E-state index is 0.207. The van der Waals surface area contributed by atoms with Crippen LogP contribution in [0.15, 0.2) is 45.8 Å². The molecular formula is C27H28BrN3O6S. The van der Waals surface area contributed by atoms with E-state index in [1.54, 1.807) is 23.1 Å². The first kappa shape index (κ1) is 27.7. The van der Waals surface area contributed by atoms with Gasteiger partial charge in [-0.05, 0) is 74.4 Å². The maximum Gasteiger partial charge on any atom is 0.294 e. The van der Waals surface area contributed by atoms with Gasteiger partial charge in [-0.3, -0.25) is 24.1 Å².